The summed E-state index contributed by atoms with van der Waals surface area (Å²) in [7, 11) is -3.40. The second-order valence-corrected chi connectivity index (χ2v) is 13.4. The van der Waals surface area contributed by atoms with E-state index in [0.29, 0.717) is 5.92 Å². The molecule has 0 radical (unpaired) electrons. The number of rotatable bonds is 8. The van der Waals surface area contributed by atoms with Crippen molar-refractivity contribution in [3.63, 3.8) is 0 Å². The van der Waals surface area contributed by atoms with Crippen molar-refractivity contribution in [2.24, 2.45) is 11.8 Å². The fraction of sp³-hybridized carbons (Fsp3) is 0.957. The van der Waals surface area contributed by atoms with Gasteiger partial charge >= 0.3 is 0 Å². The van der Waals surface area contributed by atoms with Gasteiger partial charge in [0.2, 0.25) is 5.91 Å². The lowest BCUT2D eigenvalue weighted by Crippen LogP contribution is -2.53. The van der Waals surface area contributed by atoms with Gasteiger partial charge in [-0.3, -0.25) is 4.79 Å². The predicted molar refractivity (Wildman–Crippen MR) is 125 cm³/mol. The Bertz CT molecular complexity index is 669. The molecule has 0 aromatic rings. The molecule has 0 spiro atoms. The Labute approximate surface area is 188 Å². The molecule has 1 N–H and O–H groups in total. The highest BCUT2D eigenvalue weighted by Gasteiger charge is 2.49. The maximum Gasteiger partial charge on any atom is 0.246 e. The zero-order valence-electron chi connectivity index (χ0n) is 18.8. The van der Waals surface area contributed by atoms with Crippen molar-refractivity contribution in [2.75, 3.05) is 13.2 Å². The van der Waals surface area contributed by atoms with E-state index in [-0.39, 0.29) is 36.3 Å². The third-order valence-electron chi connectivity index (χ3n) is 7.73. The first-order valence-corrected chi connectivity index (χ1v) is 14.1. The van der Waals surface area contributed by atoms with Crippen molar-refractivity contribution in [2.45, 2.75) is 112 Å². The normalized spacial score (nSPS) is 31.4. The predicted octanol–water partition coefficient (Wildman–Crippen LogP) is 4.30. The van der Waals surface area contributed by atoms with Crippen LogP contribution in [0.5, 0.6) is 0 Å². The molecule has 3 aliphatic rings. The summed E-state index contributed by atoms with van der Waals surface area (Å²) in [5.74, 6) is 0.531. The highest BCUT2D eigenvalue weighted by atomic mass is 32.2. The molecule has 174 valence electrons. The lowest BCUT2D eigenvalue weighted by atomic mass is 9.83. The fourth-order valence-electron chi connectivity index (χ4n) is 5.94. The molecule has 0 aromatic carbocycles. The maximum absolute atomic E-state index is 13.8. The van der Waals surface area contributed by atoms with E-state index >= 15 is 0 Å². The van der Waals surface area contributed by atoms with Gasteiger partial charge in [-0.25, -0.2) is 8.42 Å². The molecule has 3 rings (SSSR count). The van der Waals surface area contributed by atoms with Crippen molar-refractivity contribution in [3.8, 4) is 0 Å². The highest BCUT2D eigenvalue weighted by molar-refractivity contribution is 7.94. The average molecular weight is 460 g/mol. The second-order valence-electron chi connectivity index (χ2n) is 10.2. The number of hydrogen-bond acceptors (Lipinski definition) is 5. The number of nitrogens with one attached hydrogen (secondary N) is 1. The van der Waals surface area contributed by atoms with Crippen LogP contribution < -0.4 is 5.32 Å². The third kappa shape index (κ3) is 5.94. The topological polar surface area (TPSA) is 72.5 Å². The van der Waals surface area contributed by atoms with Crippen LogP contribution in [0.2, 0.25) is 0 Å². The van der Waals surface area contributed by atoms with E-state index in [1.807, 2.05) is 0 Å². The van der Waals surface area contributed by atoms with Crippen LogP contribution in [0.15, 0.2) is 0 Å². The van der Waals surface area contributed by atoms with Gasteiger partial charge in [-0.1, -0.05) is 46.0 Å². The van der Waals surface area contributed by atoms with E-state index in [1.54, 1.807) is 0 Å². The molecule has 0 heterocycles. The van der Waals surface area contributed by atoms with Gasteiger partial charge in [0.15, 0.2) is 9.84 Å². The molecule has 1 amide bonds. The molecule has 0 aromatic heterocycles. The van der Waals surface area contributed by atoms with Gasteiger partial charge in [-0.05, 0) is 56.8 Å². The fourth-order valence-corrected chi connectivity index (χ4v) is 9.60. The SMILES string of the molecule is CC1CCC(S(=O)(=O)C(CNC(=O)COC2CCCCC2)C2(S)CCCC2)[C@H](C)C1. The van der Waals surface area contributed by atoms with Crippen molar-refractivity contribution in [3.05, 3.63) is 0 Å². The van der Waals surface area contributed by atoms with E-state index in [0.717, 1.165) is 70.6 Å². The van der Waals surface area contributed by atoms with Gasteiger partial charge in [0, 0.05) is 11.3 Å². The van der Waals surface area contributed by atoms with E-state index in [1.165, 1.54) is 6.42 Å². The Kier molecular flexibility index (Phi) is 8.58. The van der Waals surface area contributed by atoms with E-state index in [4.69, 9.17) is 17.4 Å². The molecule has 3 unspecified atom stereocenters. The molecule has 3 aliphatic carbocycles. The van der Waals surface area contributed by atoms with E-state index in [2.05, 4.69) is 19.2 Å². The zero-order chi connectivity index (χ0) is 21.8. The van der Waals surface area contributed by atoms with Gasteiger partial charge in [-0.2, -0.15) is 12.6 Å². The summed E-state index contributed by atoms with van der Waals surface area (Å²) in [5.41, 5.74) is 0. The van der Waals surface area contributed by atoms with Gasteiger partial charge in [0.05, 0.1) is 16.6 Å². The number of carbonyl (C=O) groups is 1. The molecular weight excluding hydrogens is 418 g/mol. The van der Waals surface area contributed by atoms with Gasteiger partial charge in [-0.15, -0.1) is 0 Å². The Morgan fingerprint density at radius 3 is 2.37 bits per heavy atom. The first kappa shape index (κ1) is 24.4. The lowest BCUT2D eigenvalue weighted by molar-refractivity contribution is -0.128. The summed E-state index contributed by atoms with van der Waals surface area (Å²) in [4.78, 5) is 12.5. The zero-order valence-corrected chi connectivity index (χ0v) is 20.5. The van der Waals surface area contributed by atoms with Crippen molar-refractivity contribution < 1.29 is 17.9 Å². The van der Waals surface area contributed by atoms with Crippen molar-refractivity contribution in [1.29, 1.82) is 0 Å². The number of carbonyl (C=O) groups excluding carboxylic acids is 1. The number of hydrogen-bond donors (Lipinski definition) is 2. The lowest BCUT2D eigenvalue weighted by Gasteiger charge is -2.39. The minimum absolute atomic E-state index is 0.0222. The van der Waals surface area contributed by atoms with Crippen molar-refractivity contribution >= 4 is 28.4 Å². The number of sulfone groups is 1. The molecule has 0 saturated heterocycles. The number of amides is 1. The molecule has 3 saturated carbocycles. The first-order chi connectivity index (χ1) is 14.2. The highest BCUT2D eigenvalue weighted by Crippen LogP contribution is 2.44. The summed E-state index contributed by atoms with van der Waals surface area (Å²) in [6.07, 6.45) is 12.0. The standard InChI is InChI=1S/C23H41NO4S2/c1-17-10-11-20(18(2)14-17)30(26,27)21(23(29)12-6-7-13-23)15-24-22(25)16-28-19-8-4-3-5-9-19/h17-21,29H,3-16H2,1-2H3,(H,24,25)/t17?,18-,20?,21?/m1/s1. The largest absolute Gasteiger partial charge is 0.368 e. The molecule has 0 aliphatic heterocycles. The van der Waals surface area contributed by atoms with Crippen LogP contribution in [-0.4, -0.2) is 48.8 Å². The van der Waals surface area contributed by atoms with Crippen LogP contribution >= 0.6 is 12.6 Å². The molecule has 30 heavy (non-hydrogen) atoms. The quantitative estimate of drug-likeness (QED) is 0.531. The Balaban J connectivity index is 1.64. The van der Waals surface area contributed by atoms with Crippen LogP contribution in [0.3, 0.4) is 0 Å². The minimum Gasteiger partial charge on any atom is -0.368 e. The van der Waals surface area contributed by atoms with Gasteiger partial charge in [0.1, 0.15) is 6.61 Å². The Hall–Kier alpha value is -0.270. The summed E-state index contributed by atoms with van der Waals surface area (Å²) < 4.78 is 32.8. The first-order valence-electron chi connectivity index (χ1n) is 12.1. The summed E-state index contributed by atoms with van der Waals surface area (Å²) in [6.45, 7) is 4.46. The second kappa shape index (κ2) is 10.6. The number of ether oxygens (including phenoxy) is 1. The monoisotopic (exact) mass is 459 g/mol. The smallest absolute Gasteiger partial charge is 0.246 e. The minimum atomic E-state index is -3.40. The van der Waals surface area contributed by atoms with Gasteiger partial charge < -0.3 is 10.1 Å². The Morgan fingerprint density at radius 1 is 1.07 bits per heavy atom. The molecular formula is C23H41NO4S2. The molecule has 3 fully saturated rings. The molecule has 7 heteroatoms. The van der Waals surface area contributed by atoms with Crippen LogP contribution in [0.4, 0.5) is 0 Å². The molecule has 4 atom stereocenters. The van der Waals surface area contributed by atoms with Crippen LogP contribution in [0.25, 0.3) is 0 Å². The molecule has 5 nitrogen and oxygen atoms in total. The summed E-state index contributed by atoms with van der Waals surface area (Å²) in [6, 6.07) is 0. The average Bonchev–Trinajstić information content (AvgIpc) is 3.14. The maximum atomic E-state index is 13.8. The van der Waals surface area contributed by atoms with E-state index in [9.17, 15) is 13.2 Å². The summed E-state index contributed by atoms with van der Waals surface area (Å²) in [5, 5.41) is 1.95. The van der Waals surface area contributed by atoms with Crippen molar-refractivity contribution in [1.82, 2.24) is 5.32 Å². The Morgan fingerprint density at radius 2 is 1.73 bits per heavy atom. The van der Waals surface area contributed by atoms with E-state index < -0.39 is 19.8 Å². The molecule has 0 bridgehead atoms. The van der Waals surface area contributed by atoms with Crippen LogP contribution in [0, 0.1) is 11.8 Å². The number of thiol groups is 1. The van der Waals surface area contributed by atoms with Gasteiger partial charge in [0.25, 0.3) is 0 Å². The summed E-state index contributed by atoms with van der Waals surface area (Å²) >= 11 is 4.91. The third-order valence-corrected chi connectivity index (χ3v) is 11.6. The van der Waals surface area contributed by atoms with Crippen LogP contribution in [-0.2, 0) is 19.4 Å². The van der Waals surface area contributed by atoms with Crippen LogP contribution in [0.1, 0.15) is 90.9 Å².